The minimum absolute atomic E-state index is 0.115. The van der Waals surface area contributed by atoms with Gasteiger partial charge in [0.25, 0.3) is 11.8 Å². The Morgan fingerprint density at radius 2 is 2.17 bits per heavy atom. The van der Waals surface area contributed by atoms with E-state index in [1.54, 1.807) is 6.07 Å². The van der Waals surface area contributed by atoms with Crippen LogP contribution in [0.5, 0.6) is 0 Å². The first kappa shape index (κ1) is 33.5. The smallest absolute Gasteiger partial charge is 0.352 e. The summed E-state index contributed by atoms with van der Waals surface area (Å²) in [6.45, 7) is 5.52. The number of fused-ring (bicyclic) bond motifs is 2. The highest BCUT2D eigenvalue weighted by molar-refractivity contribution is 8.01. The van der Waals surface area contributed by atoms with Crippen LogP contribution in [0, 0.1) is 18.2 Å². The fraction of sp³-hybridized carbons (Fsp3) is 0.355. The van der Waals surface area contributed by atoms with Gasteiger partial charge in [0, 0.05) is 60.1 Å². The molecule has 250 valence electrons. The first-order valence-corrected chi connectivity index (χ1v) is 17.9. The van der Waals surface area contributed by atoms with Gasteiger partial charge in [0.2, 0.25) is 5.52 Å². The van der Waals surface area contributed by atoms with Crippen molar-refractivity contribution in [3.05, 3.63) is 52.6 Å². The van der Waals surface area contributed by atoms with Crippen molar-refractivity contribution in [2.45, 2.75) is 29.8 Å². The third kappa shape index (κ3) is 6.52. The molecule has 0 aliphatic carbocycles. The van der Waals surface area contributed by atoms with Crippen molar-refractivity contribution in [2.75, 3.05) is 54.9 Å². The number of nitrogens with zero attached hydrogens (tertiary/aromatic N) is 5. The molecule has 0 saturated carbocycles. The third-order valence-electron chi connectivity index (χ3n) is 8.07. The number of rotatable bonds is 11. The highest BCUT2D eigenvalue weighted by atomic mass is 32.2. The topological polar surface area (TPSA) is 166 Å². The molecule has 13 nitrogen and oxygen atoms in total. The number of hydrogen-bond acceptors (Lipinski definition) is 12. The lowest BCUT2D eigenvalue weighted by molar-refractivity contribution is -0.668. The van der Waals surface area contributed by atoms with Crippen LogP contribution < -0.4 is 25.8 Å². The SMILES string of the molecule is C#CCON=C(C(=O)NC1C(=O)N2C(C(=O)O)=C(CSc3cc[n+](CC)c4cc(N5CCNCC5)c(F)cc34)CS[C@@H]12)c1csc(N)n1. The Morgan fingerprint density at radius 1 is 1.38 bits per heavy atom. The average molecular weight is 712 g/mol. The van der Waals surface area contributed by atoms with Crippen molar-refractivity contribution in [1.29, 1.82) is 0 Å². The number of nitrogens with one attached hydrogen (secondary N) is 2. The highest BCUT2D eigenvalue weighted by Gasteiger charge is 2.54. The van der Waals surface area contributed by atoms with Crippen molar-refractivity contribution in [1.82, 2.24) is 20.5 Å². The zero-order chi connectivity index (χ0) is 33.9. The first-order chi connectivity index (χ1) is 23.2. The number of carboxylic acids is 1. The Hall–Kier alpha value is -4.37. The fourth-order valence-corrected chi connectivity index (χ4v) is 8.83. The van der Waals surface area contributed by atoms with Crippen LogP contribution in [-0.4, -0.2) is 94.2 Å². The van der Waals surface area contributed by atoms with Gasteiger partial charge in [0.15, 0.2) is 23.6 Å². The summed E-state index contributed by atoms with van der Waals surface area (Å²) in [5.41, 5.74) is 7.53. The summed E-state index contributed by atoms with van der Waals surface area (Å²) < 4.78 is 17.6. The molecule has 2 amide bonds. The number of nitrogen functional groups attached to an aromatic ring is 1. The number of pyridine rings is 1. The molecule has 48 heavy (non-hydrogen) atoms. The van der Waals surface area contributed by atoms with E-state index < -0.39 is 29.2 Å². The Labute approximate surface area is 287 Å². The molecule has 0 radical (unpaired) electrons. The van der Waals surface area contributed by atoms with Crippen LogP contribution in [0.15, 0.2) is 51.1 Å². The predicted molar refractivity (Wildman–Crippen MR) is 183 cm³/mol. The molecule has 0 spiro atoms. The number of thioether (sulfide) groups is 2. The van der Waals surface area contributed by atoms with Crippen LogP contribution in [0.1, 0.15) is 12.6 Å². The molecule has 5 N–H and O–H groups in total. The van der Waals surface area contributed by atoms with Crippen molar-refractivity contribution in [3.8, 4) is 12.3 Å². The first-order valence-electron chi connectivity index (χ1n) is 15.0. The number of nitrogens with two attached hydrogens (primary N) is 1. The Kier molecular flexibility index (Phi) is 10.1. The van der Waals surface area contributed by atoms with Crippen LogP contribution in [0.25, 0.3) is 10.9 Å². The third-order valence-corrected chi connectivity index (χ3v) is 11.2. The maximum atomic E-state index is 15.5. The predicted octanol–water partition coefficient (Wildman–Crippen LogP) is 1.62. The molecular weight excluding hydrogens is 680 g/mol. The van der Waals surface area contributed by atoms with E-state index in [1.807, 2.05) is 30.2 Å². The summed E-state index contributed by atoms with van der Waals surface area (Å²) >= 11 is 3.83. The fourth-order valence-electron chi connectivity index (χ4n) is 5.77. The van der Waals surface area contributed by atoms with Gasteiger partial charge in [-0.05, 0) is 18.6 Å². The van der Waals surface area contributed by atoms with Crippen molar-refractivity contribution >= 4 is 80.1 Å². The summed E-state index contributed by atoms with van der Waals surface area (Å²) in [5.74, 6) is -0.0469. The number of benzene rings is 1. The molecule has 2 saturated heterocycles. The number of piperazine rings is 1. The van der Waals surface area contributed by atoms with Gasteiger partial charge >= 0.3 is 5.97 Å². The molecule has 3 aliphatic heterocycles. The van der Waals surface area contributed by atoms with E-state index in [0.29, 0.717) is 36.6 Å². The van der Waals surface area contributed by atoms with Crippen molar-refractivity contribution in [2.24, 2.45) is 5.16 Å². The van der Waals surface area contributed by atoms with Gasteiger partial charge in [-0.25, -0.2) is 14.2 Å². The number of terminal acetylenes is 1. The molecule has 6 rings (SSSR count). The molecule has 2 fully saturated rings. The average Bonchev–Trinajstić information content (AvgIpc) is 3.52. The zero-order valence-corrected chi connectivity index (χ0v) is 28.2. The molecule has 1 unspecified atom stereocenters. The van der Waals surface area contributed by atoms with Crippen LogP contribution >= 0.6 is 34.9 Å². The van der Waals surface area contributed by atoms with Gasteiger partial charge in [0.1, 0.15) is 35.2 Å². The van der Waals surface area contributed by atoms with Gasteiger partial charge < -0.3 is 31.2 Å². The maximum Gasteiger partial charge on any atom is 0.352 e. The Bertz CT molecular complexity index is 1890. The lowest BCUT2D eigenvalue weighted by Gasteiger charge is -2.49. The summed E-state index contributed by atoms with van der Waals surface area (Å²) in [4.78, 5) is 52.2. The summed E-state index contributed by atoms with van der Waals surface area (Å²) in [7, 11) is 0. The minimum atomic E-state index is -1.25. The molecular formula is C31H32FN8O5S3+. The number of amides is 2. The summed E-state index contributed by atoms with van der Waals surface area (Å²) in [6, 6.07) is 4.35. The molecule has 1 aromatic carbocycles. The maximum absolute atomic E-state index is 15.5. The Balaban J connectivity index is 1.21. The van der Waals surface area contributed by atoms with Gasteiger partial charge in [-0.2, -0.15) is 4.57 Å². The number of aromatic nitrogens is 2. The number of aliphatic carboxylic acids is 1. The second-order valence-corrected chi connectivity index (χ2v) is 13.9. The van der Waals surface area contributed by atoms with E-state index in [4.69, 9.17) is 17.0 Å². The number of hydrogen-bond donors (Lipinski definition) is 4. The molecule has 0 bridgehead atoms. The van der Waals surface area contributed by atoms with Crippen molar-refractivity contribution in [3.63, 3.8) is 0 Å². The van der Waals surface area contributed by atoms with Gasteiger partial charge in [-0.15, -0.1) is 41.3 Å². The van der Waals surface area contributed by atoms with Gasteiger partial charge in [0.05, 0.1) is 11.1 Å². The van der Waals surface area contributed by atoms with E-state index in [1.165, 1.54) is 33.8 Å². The number of aryl methyl sites for hydroxylation is 1. The molecule has 3 aliphatic rings. The Morgan fingerprint density at radius 3 is 2.85 bits per heavy atom. The molecule has 17 heteroatoms. The number of halogens is 1. The molecule has 2 atom stereocenters. The van der Waals surface area contributed by atoms with Crippen LogP contribution in [0.3, 0.4) is 0 Å². The number of anilines is 2. The van der Waals surface area contributed by atoms with E-state index in [2.05, 4.69) is 31.3 Å². The van der Waals surface area contributed by atoms with E-state index >= 15 is 4.39 Å². The second kappa shape index (κ2) is 14.4. The number of β-lactam (4-membered cyclic amide) rings is 1. The van der Waals surface area contributed by atoms with Crippen LogP contribution in [0.4, 0.5) is 15.2 Å². The van der Waals surface area contributed by atoms with E-state index in [9.17, 15) is 19.5 Å². The summed E-state index contributed by atoms with van der Waals surface area (Å²) in [5, 5.41) is 21.7. The van der Waals surface area contributed by atoms with Gasteiger partial charge in [-0.3, -0.25) is 14.5 Å². The largest absolute Gasteiger partial charge is 0.477 e. The molecule has 5 heterocycles. The highest BCUT2D eigenvalue weighted by Crippen LogP contribution is 2.42. The summed E-state index contributed by atoms with van der Waals surface area (Å²) in [6.07, 6.45) is 7.16. The molecule has 3 aromatic rings. The normalized spacial score (nSPS) is 19.5. The number of thiazole rings is 1. The lowest BCUT2D eigenvalue weighted by Crippen LogP contribution is -2.71. The molecule has 2 aromatic heterocycles. The second-order valence-electron chi connectivity index (χ2n) is 10.9. The number of carbonyl (C=O) groups is 3. The quantitative estimate of drug-likeness (QED) is 0.0435. The lowest BCUT2D eigenvalue weighted by atomic mass is 10.0. The number of oxime groups is 1. The van der Waals surface area contributed by atoms with E-state index in [0.717, 1.165) is 40.2 Å². The number of carbonyl (C=O) groups excluding carboxylic acids is 2. The van der Waals surface area contributed by atoms with Gasteiger partial charge in [-0.1, -0.05) is 11.1 Å². The standard InChI is InChI=1S/C31H31FN8O5S3/c1-3-11-45-37-24(20-16-48-31(33)35-20)27(41)36-25-28(42)40-26(30(43)44)17(15-47-29(25)40)14-46-23-5-8-38(4-2)21-13-22(19(32)12-18(21)23)39-9-6-34-7-10-39/h1,5,8,12-13,16,25,29,34H,4,6-7,9-11,14-15H2,2H3,(H3-,33,35,36,41,43,44)/p+1/t25?,29-/m0/s1. The monoisotopic (exact) mass is 711 g/mol. The van der Waals surface area contributed by atoms with Crippen LogP contribution in [-0.2, 0) is 25.8 Å². The van der Waals surface area contributed by atoms with E-state index in [-0.39, 0.29) is 40.4 Å². The number of carboxylic acid groups (broad SMARTS) is 1. The van der Waals surface area contributed by atoms with Crippen molar-refractivity contribution < 1.29 is 33.3 Å². The zero-order valence-electron chi connectivity index (χ0n) is 25.8. The van der Waals surface area contributed by atoms with Crippen LogP contribution in [0.2, 0.25) is 0 Å². The minimum Gasteiger partial charge on any atom is -0.477 e.